The fraction of sp³-hybridized carbons (Fsp3) is 0.261. The predicted octanol–water partition coefficient (Wildman–Crippen LogP) is 4.36. The number of carbonyl (C=O) groups is 1. The van der Waals surface area contributed by atoms with Gasteiger partial charge in [-0.05, 0) is 35.7 Å². The van der Waals surface area contributed by atoms with E-state index in [1.165, 1.54) is 16.0 Å². The van der Waals surface area contributed by atoms with Gasteiger partial charge in [0.05, 0.1) is 6.26 Å². The Balaban J connectivity index is 1.26. The van der Waals surface area contributed by atoms with Crippen LogP contribution in [0.3, 0.4) is 0 Å². The monoisotopic (exact) mass is 392 g/mol. The second kappa shape index (κ2) is 9.13. The quantitative estimate of drug-likeness (QED) is 0.607. The molecule has 0 saturated heterocycles. The van der Waals surface area contributed by atoms with Crippen LogP contribution in [-0.2, 0) is 18.7 Å². The van der Waals surface area contributed by atoms with Crippen LogP contribution >= 0.6 is 11.8 Å². The number of furan rings is 1. The highest BCUT2D eigenvalue weighted by molar-refractivity contribution is 7.98. The summed E-state index contributed by atoms with van der Waals surface area (Å²) in [7, 11) is 0. The number of nitrogens with zero attached hydrogens (tertiary/aromatic N) is 1. The molecule has 28 heavy (non-hydrogen) atoms. The summed E-state index contributed by atoms with van der Waals surface area (Å²) in [5.74, 6) is 1.00. The van der Waals surface area contributed by atoms with Crippen LogP contribution in [0.15, 0.2) is 76.2 Å². The summed E-state index contributed by atoms with van der Waals surface area (Å²) >= 11 is 1.70. The molecular weight excluding hydrogens is 368 g/mol. The van der Waals surface area contributed by atoms with Gasteiger partial charge in [-0.25, -0.2) is 0 Å². The summed E-state index contributed by atoms with van der Waals surface area (Å²) in [6, 6.07) is 20.7. The molecule has 2 heterocycles. The average Bonchev–Trinajstić information content (AvgIpc) is 3.22. The summed E-state index contributed by atoms with van der Waals surface area (Å²) in [5, 5.41) is 3.01. The van der Waals surface area contributed by atoms with E-state index in [1.54, 1.807) is 18.0 Å². The first-order valence-electron chi connectivity index (χ1n) is 9.61. The Labute approximate surface area is 169 Å². The van der Waals surface area contributed by atoms with Gasteiger partial charge in [-0.1, -0.05) is 42.5 Å². The number of hydrogen-bond acceptors (Lipinski definition) is 4. The summed E-state index contributed by atoms with van der Waals surface area (Å²) in [5.41, 5.74) is 3.77. The lowest BCUT2D eigenvalue weighted by Crippen LogP contribution is -2.37. The van der Waals surface area contributed by atoms with Gasteiger partial charge in [0.15, 0.2) is 5.76 Å². The minimum atomic E-state index is -0.133. The summed E-state index contributed by atoms with van der Waals surface area (Å²) < 4.78 is 5.46. The lowest BCUT2D eigenvalue weighted by molar-refractivity contribution is 0.0918. The fourth-order valence-electron chi connectivity index (χ4n) is 3.48. The normalized spacial score (nSPS) is 13.9. The lowest BCUT2D eigenvalue weighted by Gasteiger charge is -2.28. The number of rotatable bonds is 7. The van der Waals surface area contributed by atoms with E-state index in [1.807, 2.05) is 24.3 Å². The minimum absolute atomic E-state index is 0.133. The number of nitrogens with one attached hydrogen (secondary N) is 1. The van der Waals surface area contributed by atoms with E-state index in [2.05, 4.69) is 46.6 Å². The van der Waals surface area contributed by atoms with E-state index in [0.717, 1.165) is 31.6 Å². The predicted molar refractivity (Wildman–Crippen MR) is 112 cm³/mol. The van der Waals surface area contributed by atoms with E-state index in [0.29, 0.717) is 18.1 Å². The van der Waals surface area contributed by atoms with Gasteiger partial charge in [0, 0.05) is 42.4 Å². The van der Waals surface area contributed by atoms with E-state index in [-0.39, 0.29) is 5.91 Å². The first-order valence-corrected chi connectivity index (χ1v) is 10.6. The maximum Gasteiger partial charge on any atom is 0.287 e. The smallest absolute Gasteiger partial charge is 0.287 e. The van der Waals surface area contributed by atoms with Gasteiger partial charge in [-0.3, -0.25) is 9.69 Å². The van der Waals surface area contributed by atoms with Crippen molar-refractivity contribution in [2.45, 2.75) is 23.6 Å². The third kappa shape index (κ3) is 4.66. The van der Waals surface area contributed by atoms with E-state index in [4.69, 9.17) is 4.42 Å². The van der Waals surface area contributed by atoms with Crippen molar-refractivity contribution in [3.05, 3.63) is 89.4 Å². The molecule has 0 unspecified atom stereocenters. The molecule has 3 aromatic rings. The van der Waals surface area contributed by atoms with Crippen molar-refractivity contribution in [1.29, 1.82) is 0 Å². The molecule has 0 spiro atoms. The molecule has 0 aliphatic carbocycles. The Morgan fingerprint density at radius 1 is 1.04 bits per heavy atom. The zero-order chi connectivity index (χ0) is 19.2. The highest BCUT2D eigenvalue weighted by Crippen LogP contribution is 2.25. The first-order chi connectivity index (χ1) is 13.8. The van der Waals surface area contributed by atoms with E-state index >= 15 is 0 Å². The second-order valence-electron chi connectivity index (χ2n) is 6.93. The third-order valence-electron chi connectivity index (χ3n) is 5.01. The number of benzene rings is 2. The Bertz CT molecular complexity index is 923. The molecule has 0 bridgehead atoms. The van der Waals surface area contributed by atoms with Gasteiger partial charge >= 0.3 is 0 Å². The maximum absolute atomic E-state index is 12.5. The first kappa shape index (κ1) is 18.8. The van der Waals surface area contributed by atoms with E-state index < -0.39 is 0 Å². The standard InChI is InChI=1S/C23H24N2O2S/c26-23(22-20(11-15-27-22)17-28-21-8-2-1-3-9-21)24-12-14-25-13-10-18-6-4-5-7-19(18)16-25/h1-9,11,15H,10,12-14,16-17H2,(H,24,26). The number of carbonyl (C=O) groups excluding carboxylic acids is 1. The van der Waals surface area contributed by atoms with Crippen molar-refractivity contribution < 1.29 is 9.21 Å². The minimum Gasteiger partial charge on any atom is -0.459 e. The van der Waals surface area contributed by atoms with Gasteiger partial charge in [-0.15, -0.1) is 11.8 Å². The molecule has 2 aromatic carbocycles. The Hall–Kier alpha value is -2.50. The molecule has 1 N–H and O–H groups in total. The van der Waals surface area contributed by atoms with Crippen LogP contribution < -0.4 is 5.32 Å². The fourth-order valence-corrected chi connectivity index (χ4v) is 4.38. The number of hydrogen-bond donors (Lipinski definition) is 1. The van der Waals surface area contributed by atoms with Crippen LogP contribution in [0.1, 0.15) is 27.2 Å². The number of fused-ring (bicyclic) bond motifs is 1. The number of amides is 1. The Morgan fingerprint density at radius 2 is 1.82 bits per heavy atom. The van der Waals surface area contributed by atoms with Crippen molar-refractivity contribution in [1.82, 2.24) is 10.2 Å². The summed E-state index contributed by atoms with van der Waals surface area (Å²) in [4.78, 5) is 16.1. The highest BCUT2D eigenvalue weighted by Gasteiger charge is 2.18. The lowest BCUT2D eigenvalue weighted by atomic mass is 10.00. The number of thioether (sulfide) groups is 1. The maximum atomic E-state index is 12.5. The van der Waals surface area contributed by atoms with Crippen LogP contribution in [0.2, 0.25) is 0 Å². The highest BCUT2D eigenvalue weighted by atomic mass is 32.2. The molecule has 5 heteroatoms. The van der Waals surface area contributed by atoms with Crippen LogP contribution in [0.4, 0.5) is 0 Å². The van der Waals surface area contributed by atoms with Gasteiger partial charge in [0.1, 0.15) is 0 Å². The molecule has 0 saturated carbocycles. The Kier molecular flexibility index (Phi) is 6.14. The SMILES string of the molecule is O=C(NCCN1CCc2ccccc2C1)c1occc1CSc1ccccc1. The summed E-state index contributed by atoms with van der Waals surface area (Å²) in [6.45, 7) is 3.44. The summed E-state index contributed by atoms with van der Waals surface area (Å²) in [6.07, 6.45) is 2.67. The molecule has 0 fully saturated rings. The van der Waals surface area contributed by atoms with Crippen molar-refractivity contribution in [3.63, 3.8) is 0 Å². The van der Waals surface area contributed by atoms with Crippen LogP contribution in [-0.4, -0.2) is 30.4 Å². The van der Waals surface area contributed by atoms with Gasteiger partial charge in [0.25, 0.3) is 5.91 Å². The van der Waals surface area contributed by atoms with Crippen molar-refractivity contribution >= 4 is 17.7 Å². The van der Waals surface area contributed by atoms with Crippen molar-refractivity contribution in [3.8, 4) is 0 Å². The molecule has 4 nitrogen and oxygen atoms in total. The van der Waals surface area contributed by atoms with Crippen LogP contribution in [0.5, 0.6) is 0 Å². The van der Waals surface area contributed by atoms with Gasteiger partial charge < -0.3 is 9.73 Å². The van der Waals surface area contributed by atoms with Gasteiger partial charge in [0.2, 0.25) is 0 Å². The zero-order valence-corrected chi connectivity index (χ0v) is 16.6. The molecule has 1 aliphatic heterocycles. The van der Waals surface area contributed by atoms with Gasteiger partial charge in [-0.2, -0.15) is 0 Å². The van der Waals surface area contributed by atoms with Crippen molar-refractivity contribution in [2.24, 2.45) is 0 Å². The third-order valence-corrected chi connectivity index (χ3v) is 6.07. The topological polar surface area (TPSA) is 45.5 Å². The largest absolute Gasteiger partial charge is 0.459 e. The molecule has 1 amide bonds. The Morgan fingerprint density at radius 3 is 2.68 bits per heavy atom. The van der Waals surface area contributed by atoms with Crippen molar-refractivity contribution in [2.75, 3.05) is 19.6 Å². The molecular formula is C23H24N2O2S. The molecule has 0 radical (unpaired) electrons. The average molecular weight is 393 g/mol. The van der Waals surface area contributed by atoms with E-state index in [9.17, 15) is 4.79 Å². The molecule has 1 aromatic heterocycles. The molecule has 1 aliphatic rings. The molecule has 0 atom stereocenters. The molecule has 4 rings (SSSR count). The second-order valence-corrected chi connectivity index (χ2v) is 7.98. The van der Waals surface area contributed by atoms with Crippen LogP contribution in [0, 0.1) is 0 Å². The van der Waals surface area contributed by atoms with Crippen LogP contribution in [0.25, 0.3) is 0 Å². The molecule has 144 valence electrons. The zero-order valence-electron chi connectivity index (χ0n) is 15.8.